The molecule has 16 nitrogen and oxygen atoms in total. The molecule has 3 aliphatic rings. The van der Waals surface area contributed by atoms with Crippen LogP contribution in [0.5, 0.6) is 0 Å². The van der Waals surface area contributed by atoms with Crippen LogP contribution < -0.4 is 5.73 Å². The summed E-state index contributed by atoms with van der Waals surface area (Å²) in [6.45, 7) is 8.60. The van der Waals surface area contributed by atoms with E-state index >= 15 is 0 Å². The molecular weight excluding hydrogens is 819 g/mol. The average Bonchev–Trinajstić information content (AvgIpc) is 3.21. The summed E-state index contributed by atoms with van der Waals surface area (Å²) < 4.78 is 23.5. The summed E-state index contributed by atoms with van der Waals surface area (Å²) in [5.74, 6) is -4.01. The van der Waals surface area contributed by atoms with Crippen LogP contribution in [-0.2, 0) is 23.7 Å². The summed E-state index contributed by atoms with van der Waals surface area (Å²) in [7, 11) is 0. The first-order valence-electron chi connectivity index (χ1n) is 22.2. The van der Waals surface area contributed by atoms with Gasteiger partial charge in [-0.1, -0.05) is 106 Å². The molecule has 3 heterocycles. The zero-order valence-electron chi connectivity index (χ0n) is 37.2. The van der Waals surface area contributed by atoms with Crippen molar-refractivity contribution in [2.24, 2.45) is 23.5 Å². The highest BCUT2D eigenvalue weighted by Crippen LogP contribution is 2.38. The molecule has 6 unspecified atom stereocenters. The van der Waals surface area contributed by atoms with Crippen LogP contribution in [-0.4, -0.2) is 155 Å². The average molecular weight is 894 g/mol. The predicted octanol–water partition coefficient (Wildman–Crippen LogP) is 1.65. The predicted molar refractivity (Wildman–Crippen MR) is 235 cm³/mol. The van der Waals surface area contributed by atoms with E-state index in [4.69, 9.17) is 24.7 Å². The quantitative estimate of drug-likeness (QED) is 0.176. The molecule has 0 radical (unpaired) electrons. The molecule has 2 fully saturated rings. The molecule has 12 N–H and O–H groups in total. The second-order valence-electron chi connectivity index (χ2n) is 17.6. The molecule has 0 amide bonds. The van der Waals surface area contributed by atoms with Crippen molar-refractivity contribution >= 4 is 5.97 Å². The molecule has 19 atom stereocenters. The van der Waals surface area contributed by atoms with Crippen molar-refractivity contribution in [1.29, 1.82) is 0 Å². The minimum Gasteiger partial charge on any atom is -0.462 e. The summed E-state index contributed by atoms with van der Waals surface area (Å²) in [6.07, 6.45) is 8.08. The molecule has 3 rings (SSSR count). The van der Waals surface area contributed by atoms with Crippen LogP contribution in [0.4, 0.5) is 0 Å². The molecule has 63 heavy (non-hydrogen) atoms. The Morgan fingerprint density at radius 3 is 1.75 bits per heavy atom. The zero-order chi connectivity index (χ0) is 46.9. The monoisotopic (exact) mass is 894 g/mol. The number of ether oxygens (including phenoxy) is 4. The van der Waals surface area contributed by atoms with Crippen LogP contribution in [0.1, 0.15) is 86.0 Å². The van der Waals surface area contributed by atoms with E-state index in [2.05, 4.69) is 0 Å². The third-order valence-corrected chi connectivity index (χ3v) is 12.1. The number of cyclic esters (lactones) is 1. The fourth-order valence-electron chi connectivity index (χ4n) is 7.79. The largest absolute Gasteiger partial charge is 0.462 e. The lowest BCUT2D eigenvalue weighted by Crippen LogP contribution is -2.61. The van der Waals surface area contributed by atoms with E-state index in [-0.39, 0.29) is 44.4 Å². The molecular formula is C47H75NO15. The van der Waals surface area contributed by atoms with Crippen molar-refractivity contribution in [3.05, 3.63) is 85.1 Å². The van der Waals surface area contributed by atoms with Gasteiger partial charge in [-0.3, -0.25) is 4.79 Å². The third kappa shape index (κ3) is 18.5. The van der Waals surface area contributed by atoms with Crippen LogP contribution in [0, 0.1) is 17.8 Å². The van der Waals surface area contributed by atoms with Crippen molar-refractivity contribution in [1.82, 2.24) is 0 Å². The number of fused-ring (bicyclic) bond motifs is 2. The van der Waals surface area contributed by atoms with Crippen molar-refractivity contribution in [2.75, 3.05) is 0 Å². The SMILES string of the molecule is CC1OC(O[C@H]2C=CC=CC=CC=CC=CC=CC=C[C@H](C)[C@@H](O)[C@@H](C)[C@H](C)OC(=O)C[C@H](O)C[C@H](O)C[C@H](O)CC[C@@H](O)[C@H](O)C[C@]3(O)C[C@H](O)[C@@H](C)C(C2)O3)C(O)C(N)C1O. The summed E-state index contributed by atoms with van der Waals surface area (Å²) in [5, 5.41) is 108. The zero-order valence-corrected chi connectivity index (χ0v) is 37.2. The van der Waals surface area contributed by atoms with E-state index in [1.165, 1.54) is 0 Å². The Morgan fingerprint density at radius 2 is 1.14 bits per heavy atom. The van der Waals surface area contributed by atoms with E-state index in [0.29, 0.717) is 0 Å². The van der Waals surface area contributed by atoms with Gasteiger partial charge < -0.3 is 75.7 Å². The van der Waals surface area contributed by atoms with E-state index < -0.39 is 128 Å². The van der Waals surface area contributed by atoms with E-state index in [1.54, 1.807) is 58.1 Å². The first-order chi connectivity index (χ1) is 29.7. The maximum Gasteiger partial charge on any atom is 0.308 e. The fourth-order valence-corrected chi connectivity index (χ4v) is 7.79. The number of aliphatic hydroxyl groups excluding tert-OH is 9. The number of rotatable bonds is 2. The summed E-state index contributed by atoms with van der Waals surface area (Å²) >= 11 is 0. The number of carbonyl (C=O) groups is 1. The lowest BCUT2D eigenvalue weighted by Gasteiger charge is -2.46. The van der Waals surface area contributed by atoms with E-state index in [1.807, 2.05) is 61.6 Å². The maximum absolute atomic E-state index is 12.6. The Balaban J connectivity index is 1.81. The molecule has 2 saturated heterocycles. The lowest BCUT2D eigenvalue weighted by molar-refractivity contribution is -0.310. The van der Waals surface area contributed by atoms with Gasteiger partial charge in [-0.2, -0.15) is 0 Å². The topological polar surface area (TPSA) is 282 Å². The minimum absolute atomic E-state index is 0.0428. The van der Waals surface area contributed by atoms with Gasteiger partial charge in [-0.25, -0.2) is 0 Å². The minimum atomic E-state index is -2.08. The van der Waals surface area contributed by atoms with Crippen LogP contribution in [0.15, 0.2) is 85.1 Å². The van der Waals surface area contributed by atoms with Crippen LogP contribution in [0.2, 0.25) is 0 Å². The summed E-state index contributed by atoms with van der Waals surface area (Å²) in [4.78, 5) is 12.6. The number of allylic oxidation sites excluding steroid dienone is 12. The second-order valence-corrected chi connectivity index (χ2v) is 17.6. The van der Waals surface area contributed by atoms with Crippen molar-refractivity contribution in [2.45, 2.75) is 183 Å². The molecule has 0 aliphatic carbocycles. The number of hydrogen-bond donors (Lipinski definition) is 11. The Labute approximate surface area is 372 Å². The Kier molecular flexibility index (Phi) is 23.2. The first-order valence-corrected chi connectivity index (χ1v) is 22.2. The highest BCUT2D eigenvalue weighted by Gasteiger charge is 2.47. The molecule has 0 saturated carbocycles. The van der Waals surface area contributed by atoms with Gasteiger partial charge in [0.2, 0.25) is 0 Å². The van der Waals surface area contributed by atoms with Gasteiger partial charge in [0.1, 0.15) is 12.2 Å². The molecule has 16 heteroatoms. The van der Waals surface area contributed by atoms with Crippen molar-refractivity contribution in [3.8, 4) is 0 Å². The molecule has 0 aromatic rings. The summed E-state index contributed by atoms with van der Waals surface area (Å²) in [6, 6.07) is -1.05. The fraction of sp³-hybridized carbons (Fsp3) is 0.681. The van der Waals surface area contributed by atoms with Gasteiger partial charge in [0.05, 0.1) is 79.6 Å². The van der Waals surface area contributed by atoms with Gasteiger partial charge in [0.15, 0.2) is 12.1 Å². The number of carbonyl (C=O) groups excluding carboxylic acids is 1. The number of hydrogen-bond acceptors (Lipinski definition) is 16. The van der Waals surface area contributed by atoms with Crippen molar-refractivity contribution < 1.29 is 74.8 Å². The lowest BCUT2D eigenvalue weighted by atomic mass is 9.83. The van der Waals surface area contributed by atoms with Crippen LogP contribution in [0.25, 0.3) is 0 Å². The molecule has 0 spiro atoms. The van der Waals surface area contributed by atoms with Gasteiger partial charge in [0.25, 0.3) is 0 Å². The van der Waals surface area contributed by atoms with Gasteiger partial charge in [0, 0.05) is 37.0 Å². The van der Waals surface area contributed by atoms with E-state index in [9.17, 15) is 55.9 Å². The first kappa shape index (κ1) is 54.4. The van der Waals surface area contributed by atoms with Crippen molar-refractivity contribution in [3.63, 3.8) is 0 Å². The standard InChI is InChI=1S/C47H75NO15/c1-28-18-16-14-12-10-8-6-7-9-11-13-15-17-19-36(62-46-45(58)42(48)44(57)32(5)61-46)25-40-30(3)38(53)26-47(59,63-40)27-39(54)37(52)21-20-33(49)22-34(50)23-35(51)24-41(55)60-31(4)29(2)43(28)56/h6-19,28-40,42-46,49-54,56-59H,20-27,48H2,1-5H3/t28-,29-,30+,31-,32?,33+,34+,35+,36-,37+,38-,39+,40?,42?,43+,44?,45?,46?,47-/m0/s1. The highest BCUT2D eigenvalue weighted by molar-refractivity contribution is 5.70. The molecule has 358 valence electrons. The normalized spacial score (nSPS) is 43.1. The third-order valence-electron chi connectivity index (χ3n) is 12.1. The number of aliphatic hydroxyl groups is 10. The van der Waals surface area contributed by atoms with Gasteiger partial charge in [-0.15, -0.1) is 0 Å². The van der Waals surface area contributed by atoms with Gasteiger partial charge in [-0.05, 0) is 39.5 Å². The van der Waals surface area contributed by atoms with Crippen LogP contribution >= 0.6 is 0 Å². The van der Waals surface area contributed by atoms with Gasteiger partial charge >= 0.3 is 5.97 Å². The smallest absolute Gasteiger partial charge is 0.308 e. The van der Waals surface area contributed by atoms with Crippen LogP contribution in [0.3, 0.4) is 0 Å². The molecule has 0 aromatic heterocycles. The number of esters is 1. The van der Waals surface area contributed by atoms with E-state index in [0.717, 1.165) is 0 Å². The maximum atomic E-state index is 12.6. The number of nitrogens with two attached hydrogens (primary N) is 1. The Hall–Kier alpha value is -2.91. The Morgan fingerprint density at radius 1 is 0.603 bits per heavy atom. The molecule has 2 bridgehead atoms. The molecule has 0 aromatic carbocycles. The second kappa shape index (κ2) is 26.9. The highest BCUT2D eigenvalue weighted by atomic mass is 16.7. The summed E-state index contributed by atoms with van der Waals surface area (Å²) in [5.41, 5.74) is 6.05. The molecule has 3 aliphatic heterocycles. The Bertz CT molecular complexity index is 1570.